The first-order chi connectivity index (χ1) is 5.81. The van der Waals surface area contributed by atoms with Gasteiger partial charge in [-0.15, -0.1) is 0 Å². The van der Waals surface area contributed by atoms with E-state index in [9.17, 15) is 0 Å². The molecule has 0 spiro atoms. The molecule has 65 valence electrons. The molecule has 1 heteroatoms. The maximum atomic E-state index is 5.10. The second-order valence-electron chi connectivity index (χ2n) is 2.74. The second kappa shape index (κ2) is 4.15. The lowest BCUT2D eigenvalue weighted by Crippen LogP contribution is -1.92. The molecule has 0 amide bonds. The standard InChI is InChI=1S/C11H15O/c1-4-9-6-7-11(12-3)8-10(9)5-2/h6-7H,4-5H2,1-3H3. The number of benzene rings is 1. The van der Waals surface area contributed by atoms with Crippen LogP contribution in [0.1, 0.15) is 25.0 Å². The molecule has 0 aliphatic carbocycles. The highest BCUT2D eigenvalue weighted by Gasteiger charge is 2.00. The summed E-state index contributed by atoms with van der Waals surface area (Å²) in [6, 6.07) is 7.33. The first-order valence-electron chi connectivity index (χ1n) is 4.39. The van der Waals surface area contributed by atoms with E-state index in [-0.39, 0.29) is 0 Å². The van der Waals surface area contributed by atoms with Crippen LogP contribution in [0.15, 0.2) is 12.1 Å². The summed E-state index contributed by atoms with van der Waals surface area (Å²) in [6.07, 6.45) is 2.10. The van der Waals surface area contributed by atoms with Gasteiger partial charge in [-0.2, -0.15) is 0 Å². The summed E-state index contributed by atoms with van der Waals surface area (Å²) in [6.45, 7) is 4.30. The molecule has 0 heterocycles. The van der Waals surface area contributed by atoms with Gasteiger partial charge in [0.15, 0.2) is 0 Å². The van der Waals surface area contributed by atoms with Crippen LogP contribution in [0.5, 0.6) is 5.75 Å². The SMILES string of the molecule is CCc1[c]c(OC)ccc1CC. The van der Waals surface area contributed by atoms with Crippen molar-refractivity contribution >= 4 is 0 Å². The molecule has 1 aromatic rings. The van der Waals surface area contributed by atoms with E-state index in [4.69, 9.17) is 4.74 Å². The lowest BCUT2D eigenvalue weighted by atomic mass is 10.0. The number of methoxy groups -OCH3 is 1. The third-order valence-electron chi connectivity index (χ3n) is 2.05. The van der Waals surface area contributed by atoms with Crippen molar-refractivity contribution in [2.45, 2.75) is 26.7 Å². The van der Waals surface area contributed by atoms with Crippen molar-refractivity contribution < 1.29 is 4.74 Å². The Balaban J connectivity index is 3.02. The number of rotatable bonds is 3. The molecule has 0 aromatic heterocycles. The topological polar surface area (TPSA) is 9.23 Å². The Hall–Kier alpha value is -0.980. The fourth-order valence-corrected chi connectivity index (χ4v) is 1.31. The zero-order chi connectivity index (χ0) is 8.97. The van der Waals surface area contributed by atoms with E-state index in [2.05, 4.69) is 26.0 Å². The predicted molar refractivity (Wildman–Crippen MR) is 50.6 cm³/mol. The molecule has 1 aromatic carbocycles. The summed E-state index contributed by atoms with van der Waals surface area (Å²) in [5, 5.41) is 0. The smallest absolute Gasteiger partial charge is 0.127 e. The number of hydrogen-bond acceptors (Lipinski definition) is 1. The summed E-state index contributed by atoms with van der Waals surface area (Å²) < 4.78 is 5.10. The Morgan fingerprint density at radius 2 is 2.00 bits per heavy atom. The Labute approximate surface area is 74.4 Å². The molecule has 0 saturated carbocycles. The van der Waals surface area contributed by atoms with Crippen LogP contribution in [-0.4, -0.2) is 7.11 Å². The van der Waals surface area contributed by atoms with Gasteiger partial charge in [0.2, 0.25) is 0 Å². The van der Waals surface area contributed by atoms with Crippen LogP contribution in [0.3, 0.4) is 0 Å². The van der Waals surface area contributed by atoms with Crippen molar-refractivity contribution in [3.8, 4) is 5.75 Å². The van der Waals surface area contributed by atoms with Gasteiger partial charge in [-0.05, 0) is 30.0 Å². The van der Waals surface area contributed by atoms with E-state index in [0.717, 1.165) is 18.6 Å². The molecule has 0 atom stereocenters. The first kappa shape index (κ1) is 9.11. The molecule has 0 unspecified atom stereocenters. The van der Waals surface area contributed by atoms with Gasteiger partial charge in [0.25, 0.3) is 0 Å². The molecule has 0 fully saturated rings. The average Bonchev–Trinajstić information content (AvgIpc) is 2.16. The highest BCUT2D eigenvalue weighted by Crippen LogP contribution is 2.17. The molecule has 0 N–H and O–H groups in total. The second-order valence-corrected chi connectivity index (χ2v) is 2.74. The van der Waals surface area contributed by atoms with E-state index >= 15 is 0 Å². The van der Waals surface area contributed by atoms with Crippen LogP contribution < -0.4 is 4.74 Å². The summed E-state index contributed by atoms with van der Waals surface area (Å²) in [5.74, 6) is 0.837. The van der Waals surface area contributed by atoms with E-state index in [1.165, 1.54) is 11.1 Å². The minimum Gasteiger partial charge on any atom is -0.496 e. The summed E-state index contributed by atoms with van der Waals surface area (Å²) >= 11 is 0. The van der Waals surface area contributed by atoms with Gasteiger partial charge in [0, 0.05) is 6.07 Å². The van der Waals surface area contributed by atoms with E-state index in [1.807, 2.05) is 6.07 Å². The fraction of sp³-hybridized carbons (Fsp3) is 0.455. The van der Waals surface area contributed by atoms with E-state index < -0.39 is 0 Å². The van der Waals surface area contributed by atoms with Gasteiger partial charge >= 0.3 is 0 Å². The normalized spacial score (nSPS) is 9.92. The monoisotopic (exact) mass is 163 g/mol. The first-order valence-corrected chi connectivity index (χ1v) is 4.39. The van der Waals surface area contributed by atoms with Crippen LogP contribution in [0.2, 0.25) is 0 Å². The maximum absolute atomic E-state index is 5.10. The van der Waals surface area contributed by atoms with Crippen LogP contribution in [-0.2, 0) is 12.8 Å². The van der Waals surface area contributed by atoms with E-state index in [1.54, 1.807) is 7.11 Å². The van der Waals surface area contributed by atoms with Gasteiger partial charge in [-0.3, -0.25) is 0 Å². The van der Waals surface area contributed by atoms with Crippen molar-refractivity contribution in [3.05, 3.63) is 29.3 Å². The Morgan fingerprint density at radius 3 is 2.50 bits per heavy atom. The van der Waals surface area contributed by atoms with Gasteiger partial charge in [-0.1, -0.05) is 19.9 Å². The Kier molecular flexibility index (Phi) is 3.15. The van der Waals surface area contributed by atoms with Gasteiger partial charge in [0.1, 0.15) is 5.75 Å². The third-order valence-corrected chi connectivity index (χ3v) is 2.05. The molecule has 1 rings (SSSR count). The fourth-order valence-electron chi connectivity index (χ4n) is 1.31. The van der Waals surface area contributed by atoms with Crippen molar-refractivity contribution in [2.24, 2.45) is 0 Å². The molecule has 0 saturated heterocycles. The van der Waals surface area contributed by atoms with Gasteiger partial charge < -0.3 is 4.74 Å². The number of ether oxygens (including phenoxy) is 1. The maximum Gasteiger partial charge on any atom is 0.127 e. The largest absolute Gasteiger partial charge is 0.496 e. The predicted octanol–water partition coefficient (Wildman–Crippen LogP) is 2.62. The summed E-state index contributed by atoms with van der Waals surface area (Å²) in [5.41, 5.74) is 2.65. The van der Waals surface area contributed by atoms with Crippen LogP contribution in [0.4, 0.5) is 0 Å². The Bertz CT molecular complexity index is 253. The molecule has 0 aliphatic heterocycles. The molecule has 12 heavy (non-hydrogen) atoms. The van der Waals surface area contributed by atoms with Crippen molar-refractivity contribution in [3.63, 3.8) is 0 Å². The van der Waals surface area contributed by atoms with Crippen LogP contribution >= 0.6 is 0 Å². The quantitative estimate of drug-likeness (QED) is 0.665. The number of hydrogen-bond donors (Lipinski definition) is 0. The van der Waals surface area contributed by atoms with Crippen LogP contribution in [0, 0.1) is 6.07 Å². The molecule has 1 radical (unpaired) electrons. The third kappa shape index (κ3) is 1.79. The van der Waals surface area contributed by atoms with Crippen molar-refractivity contribution in [1.29, 1.82) is 0 Å². The molecule has 1 nitrogen and oxygen atoms in total. The minimum absolute atomic E-state index is 0.837. The summed E-state index contributed by atoms with van der Waals surface area (Å²) in [7, 11) is 1.68. The molecular weight excluding hydrogens is 148 g/mol. The zero-order valence-electron chi connectivity index (χ0n) is 7.98. The Morgan fingerprint density at radius 1 is 1.25 bits per heavy atom. The number of aryl methyl sites for hydroxylation is 2. The highest BCUT2D eigenvalue weighted by atomic mass is 16.5. The minimum atomic E-state index is 0.837. The van der Waals surface area contributed by atoms with Gasteiger partial charge in [0.05, 0.1) is 7.11 Å². The van der Waals surface area contributed by atoms with E-state index in [0.29, 0.717) is 0 Å². The lowest BCUT2D eigenvalue weighted by molar-refractivity contribution is 0.413. The average molecular weight is 163 g/mol. The molecular formula is C11H15O. The molecule has 0 bridgehead atoms. The summed E-state index contributed by atoms with van der Waals surface area (Å²) in [4.78, 5) is 0. The van der Waals surface area contributed by atoms with Crippen molar-refractivity contribution in [2.75, 3.05) is 7.11 Å². The molecule has 0 aliphatic rings. The zero-order valence-corrected chi connectivity index (χ0v) is 7.98. The van der Waals surface area contributed by atoms with Crippen LogP contribution in [0.25, 0.3) is 0 Å². The van der Waals surface area contributed by atoms with Gasteiger partial charge in [-0.25, -0.2) is 0 Å². The lowest BCUT2D eigenvalue weighted by Gasteiger charge is -2.06. The highest BCUT2D eigenvalue weighted by molar-refractivity contribution is 5.34. The van der Waals surface area contributed by atoms with Crippen molar-refractivity contribution in [1.82, 2.24) is 0 Å².